The lowest BCUT2D eigenvalue weighted by molar-refractivity contribution is -0.0979. The lowest BCUT2D eigenvalue weighted by Gasteiger charge is -1.94. The normalized spacial score (nSPS) is 8.27. The summed E-state index contributed by atoms with van der Waals surface area (Å²) < 4.78 is 0.917. The maximum atomic E-state index is 8.00. The molecule has 0 aliphatic carbocycles. The second-order valence-electron chi connectivity index (χ2n) is 2.11. The number of nitrogens with zero attached hydrogens (tertiary/aromatic N) is 1. The summed E-state index contributed by atoms with van der Waals surface area (Å²) in [7, 11) is 0. The molecule has 1 aromatic heterocycles. The lowest BCUT2D eigenvalue weighted by atomic mass is 10.3. The number of hydrogen-bond donors (Lipinski definition) is 0. The zero-order chi connectivity index (χ0) is 8.85. The van der Waals surface area contributed by atoms with Crippen molar-refractivity contribution >= 4 is 22.7 Å². The average Bonchev–Trinajstić information content (AvgIpc) is 1.88. The number of rotatable bonds is 0. The Morgan fingerprint density at radius 3 is 2.27 bits per heavy atom. The zero-order valence-corrected chi connectivity index (χ0v) is 8.18. The van der Waals surface area contributed by atoms with Crippen molar-refractivity contribution in [1.29, 1.82) is 0 Å². The van der Waals surface area contributed by atoms with Gasteiger partial charge < -0.3 is 4.79 Å². The van der Waals surface area contributed by atoms with Gasteiger partial charge in [-0.3, -0.25) is 0 Å². The number of halogens is 1. The van der Waals surface area contributed by atoms with Crippen LogP contribution in [0, 0.1) is 13.8 Å². The van der Waals surface area contributed by atoms with Crippen LogP contribution in [0.25, 0.3) is 0 Å². The van der Waals surface area contributed by atoms with Crippen molar-refractivity contribution in [3.63, 3.8) is 0 Å². The van der Waals surface area contributed by atoms with Gasteiger partial charge in [-0.25, -0.2) is 4.98 Å². The van der Waals surface area contributed by atoms with Crippen molar-refractivity contribution in [2.75, 3.05) is 0 Å². The first-order valence-corrected chi connectivity index (χ1v) is 3.87. The Balaban J connectivity index is 0.000000461. The van der Waals surface area contributed by atoms with Crippen molar-refractivity contribution in [2.24, 2.45) is 0 Å². The van der Waals surface area contributed by atoms with E-state index in [0.717, 1.165) is 10.3 Å². The maximum Gasteiger partial charge on any atom is 0.106 e. The fraction of sp³-hybridized carbons (Fsp3) is 0.250. The van der Waals surface area contributed by atoms with E-state index in [0.29, 0.717) is 0 Å². The smallest absolute Gasteiger partial charge is 0.106 e. The predicted octanol–water partition coefficient (Wildman–Crippen LogP) is 2.28. The monoisotopic (exact) mass is 215 g/mol. The molecule has 0 saturated carbocycles. The molecule has 0 aromatic carbocycles. The van der Waals surface area contributed by atoms with E-state index in [9.17, 15) is 0 Å². The fourth-order valence-corrected chi connectivity index (χ4v) is 1.43. The Morgan fingerprint density at radius 1 is 1.36 bits per heavy atom. The topological polar surface area (TPSA) is 30.0 Å². The highest BCUT2D eigenvalue weighted by Crippen LogP contribution is 2.09. The largest absolute Gasteiger partial charge is 0.307 e. The number of carbonyl (C=O) groups is 1. The van der Waals surface area contributed by atoms with Crippen LogP contribution in [0.2, 0.25) is 0 Å². The van der Waals surface area contributed by atoms with E-state index in [1.54, 1.807) is 0 Å². The van der Waals surface area contributed by atoms with E-state index in [4.69, 9.17) is 4.79 Å². The van der Waals surface area contributed by atoms with E-state index in [2.05, 4.69) is 27.8 Å². The Bertz CT molecular complexity index is 187. The first-order chi connectivity index (χ1) is 5.18. The molecule has 0 N–H and O–H groups in total. The molecule has 1 rings (SSSR count). The molecule has 1 heterocycles. The third-order valence-corrected chi connectivity index (χ3v) is 1.47. The van der Waals surface area contributed by atoms with E-state index in [1.165, 1.54) is 5.56 Å². The van der Waals surface area contributed by atoms with Crippen LogP contribution in [0.1, 0.15) is 11.3 Å². The molecule has 0 atom stereocenters. The Labute approximate surface area is 74.8 Å². The summed E-state index contributed by atoms with van der Waals surface area (Å²) >= 11 is 3.30. The molecule has 1 aromatic rings. The summed E-state index contributed by atoms with van der Waals surface area (Å²) in [4.78, 5) is 12.2. The minimum absolute atomic E-state index is 0.917. The summed E-state index contributed by atoms with van der Waals surface area (Å²) in [6, 6.07) is 4.04. The lowest BCUT2D eigenvalue weighted by Crippen LogP contribution is -1.82. The van der Waals surface area contributed by atoms with Crippen LogP contribution in [0.3, 0.4) is 0 Å². The average molecular weight is 216 g/mol. The van der Waals surface area contributed by atoms with Gasteiger partial charge in [0.25, 0.3) is 0 Å². The van der Waals surface area contributed by atoms with E-state index >= 15 is 0 Å². The summed E-state index contributed by atoms with van der Waals surface area (Å²) in [6.45, 7) is 6.04. The molecule has 11 heavy (non-hydrogen) atoms. The van der Waals surface area contributed by atoms with Crippen LogP contribution in [-0.2, 0) is 4.79 Å². The van der Waals surface area contributed by atoms with Crippen molar-refractivity contribution < 1.29 is 4.79 Å². The van der Waals surface area contributed by atoms with Crippen molar-refractivity contribution in [1.82, 2.24) is 4.98 Å². The molecular weight excluding hydrogens is 206 g/mol. The quantitative estimate of drug-likeness (QED) is 0.622. The van der Waals surface area contributed by atoms with Crippen LogP contribution >= 0.6 is 15.9 Å². The van der Waals surface area contributed by atoms with Gasteiger partial charge >= 0.3 is 0 Å². The van der Waals surface area contributed by atoms with E-state index < -0.39 is 0 Å². The Morgan fingerprint density at radius 2 is 1.91 bits per heavy atom. The van der Waals surface area contributed by atoms with E-state index in [-0.39, 0.29) is 0 Å². The standard InChI is InChI=1S/C7H8BrN.CH2O/c1-5-3-6(2)9-7(8)4-5;1-2/h3-4H,1-2H3;1H2. The van der Waals surface area contributed by atoms with Gasteiger partial charge in [-0.1, -0.05) is 0 Å². The summed E-state index contributed by atoms with van der Waals surface area (Å²) in [5, 5.41) is 0. The van der Waals surface area contributed by atoms with Gasteiger partial charge in [-0.2, -0.15) is 0 Å². The number of carbonyl (C=O) groups excluding carboxylic acids is 1. The van der Waals surface area contributed by atoms with Gasteiger partial charge in [0.1, 0.15) is 11.4 Å². The minimum atomic E-state index is 0.917. The summed E-state index contributed by atoms with van der Waals surface area (Å²) in [5.41, 5.74) is 2.30. The SMILES string of the molecule is C=O.Cc1cc(C)nc(Br)c1. The van der Waals surface area contributed by atoms with Crippen LogP contribution in [-0.4, -0.2) is 11.8 Å². The number of hydrogen-bond acceptors (Lipinski definition) is 2. The number of aromatic nitrogens is 1. The predicted molar refractivity (Wildman–Crippen MR) is 48.5 cm³/mol. The molecule has 0 amide bonds. The van der Waals surface area contributed by atoms with Crippen LogP contribution in [0.4, 0.5) is 0 Å². The van der Waals surface area contributed by atoms with Crippen molar-refractivity contribution in [3.05, 3.63) is 28.0 Å². The minimum Gasteiger partial charge on any atom is -0.307 e. The maximum absolute atomic E-state index is 8.00. The molecule has 0 unspecified atom stereocenters. The first kappa shape index (κ1) is 10.3. The van der Waals surface area contributed by atoms with Gasteiger partial charge in [0.05, 0.1) is 0 Å². The highest BCUT2D eigenvalue weighted by Gasteiger charge is 1.90. The Kier molecular flexibility index (Phi) is 4.70. The third-order valence-electron chi connectivity index (χ3n) is 1.07. The highest BCUT2D eigenvalue weighted by molar-refractivity contribution is 9.10. The number of pyridine rings is 1. The van der Waals surface area contributed by atoms with Crippen molar-refractivity contribution in [2.45, 2.75) is 13.8 Å². The van der Waals surface area contributed by atoms with Gasteiger partial charge in [-0.15, -0.1) is 0 Å². The fourth-order valence-electron chi connectivity index (χ4n) is 0.792. The molecule has 0 spiro atoms. The van der Waals surface area contributed by atoms with Gasteiger partial charge in [-0.05, 0) is 47.5 Å². The van der Waals surface area contributed by atoms with E-state index in [1.807, 2.05) is 25.8 Å². The Hall–Kier alpha value is -0.700. The van der Waals surface area contributed by atoms with Gasteiger partial charge in [0.2, 0.25) is 0 Å². The summed E-state index contributed by atoms with van der Waals surface area (Å²) in [5.74, 6) is 0. The van der Waals surface area contributed by atoms with Crippen LogP contribution in [0.5, 0.6) is 0 Å². The molecular formula is C8H10BrNO. The molecule has 0 bridgehead atoms. The molecule has 0 saturated heterocycles. The molecule has 3 heteroatoms. The molecule has 2 nitrogen and oxygen atoms in total. The molecule has 60 valence electrons. The molecule has 0 radical (unpaired) electrons. The molecule has 0 aliphatic heterocycles. The van der Waals surface area contributed by atoms with Crippen molar-refractivity contribution in [3.8, 4) is 0 Å². The summed E-state index contributed by atoms with van der Waals surface area (Å²) in [6.07, 6.45) is 0. The first-order valence-electron chi connectivity index (χ1n) is 3.08. The third kappa shape index (κ3) is 3.88. The molecule has 0 aliphatic rings. The van der Waals surface area contributed by atoms with Crippen LogP contribution in [0.15, 0.2) is 16.7 Å². The van der Waals surface area contributed by atoms with Crippen LogP contribution < -0.4 is 0 Å². The molecule has 0 fully saturated rings. The van der Waals surface area contributed by atoms with Gasteiger partial charge in [0, 0.05) is 5.69 Å². The second kappa shape index (κ2) is 5.02. The van der Waals surface area contributed by atoms with Gasteiger partial charge in [0.15, 0.2) is 0 Å². The highest BCUT2D eigenvalue weighted by atomic mass is 79.9. The second-order valence-corrected chi connectivity index (χ2v) is 2.92. The zero-order valence-electron chi connectivity index (χ0n) is 6.60. The number of aryl methyl sites for hydroxylation is 2.